The van der Waals surface area contributed by atoms with Gasteiger partial charge in [-0.15, -0.1) is 6.58 Å². The van der Waals surface area contributed by atoms with E-state index in [-0.39, 0.29) is 19.0 Å². The first-order valence-electron chi connectivity index (χ1n) is 45.6. The minimum absolute atomic E-state index is 0. The molecule has 122 heavy (non-hydrogen) atoms. The highest BCUT2D eigenvalue weighted by Gasteiger charge is 2.56. The number of piperidine rings is 5. The molecule has 19 rings (SSSR count). The molecular formula is C94H139N11O13S4. The molecule has 5 aromatic rings. The SMILES string of the molecule is C.C=CCN1CCC2(CC1)OCCN2S(=O)(=O)c1ccc(C)cc1.CCc1ccc(S(=O)(=O)N2CCOC23CCN(CC2CC2)CC3)cc1.Cc1ccc(S(=O)(=O)N2CCOC23CCN(CC2CC2)CC3)cc1.Cc1ccc(S(=O)(=O)N2CCOC23CCN(CC2CCC2)CC3)cc1.O=C1CN(Cc2ccccc2)C2(CCN(C3CCCCC3)CC2)N1. The highest BCUT2D eigenvalue weighted by Crippen LogP contribution is 2.45. The summed E-state index contributed by atoms with van der Waals surface area (Å²) >= 11 is 0. The monoisotopic (exact) mass is 1760 g/mol. The van der Waals surface area contributed by atoms with Crippen molar-refractivity contribution in [2.45, 2.75) is 244 Å². The fraction of sp³-hybridized carbons (Fsp3) is 0.649. The highest BCUT2D eigenvalue weighted by molar-refractivity contribution is 7.90. The van der Waals surface area contributed by atoms with Crippen LogP contribution in [0.3, 0.4) is 0 Å². The smallest absolute Gasteiger partial charge is 0.245 e. The van der Waals surface area contributed by atoms with Crippen LogP contribution in [0.2, 0.25) is 0 Å². The maximum absolute atomic E-state index is 13.2. The first-order chi connectivity index (χ1) is 58.3. The molecule has 0 aromatic heterocycles. The standard InChI is InChI=1S/C20H29N3O.2C19H28N2O3S.C18H26N2O3S.C17H24N2O3S.CH4/c24-19-16-23(15-17-7-3-1-4-8-17)20(21-19)11-13-22(14-12-20)18-9-5-2-6-10-18;1-16-5-7-18(8-6-16)25(22,23)21-13-14-24-19(21)9-11-20(12-10-19)15-17-3-2-4-17;1-2-16-5-7-18(8-6-16)25(22,23)21-13-14-24-19(21)9-11-20(12-10-19)15-17-3-4-17;1-15-2-6-17(7-3-15)24(21,22)20-12-13-23-18(20)8-10-19(11-9-18)14-16-4-5-16;1-3-10-18-11-8-17(9-12-18)19(13-14-22-17)23(20,21)16-6-4-15(2)5-7-16;/h1,3-4,7-8,18H,2,5-6,9-16H2,(H,21,24);2*5-8,17H,2-4,9-15H2,1H3;2-3,6-7,16H,4-5,8-14H2,1H3;3-7H,1,8-14H2,2H3;1H4. The summed E-state index contributed by atoms with van der Waals surface area (Å²) in [7, 11) is -14.0. The summed E-state index contributed by atoms with van der Waals surface area (Å²) in [5, 5.41) is 3.32. The molecule has 672 valence electrons. The fourth-order valence-electron chi connectivity index (χ4n) is 20.6. The Balaban J connectivity index is 0.000000124. The number of ether oxygens (including phenoxy) is 4. The van der Waals surface area contributed by atoms with E-state index in [2.05, 4.69) is 78.6 Å². The van der Waals surface area contributed by atoms with Crippen LogP contribution in [0.5, 0.6) is 0 Å². The quantitative estimate of drug-likeness (QED) is 0.0713. The van der Waals surface area contributed by atoms with Crippen molar-refractivity contribution in [1.82, 2.24) is 51.9 Å². The third-order valence-corrected chi connectivity index (χ3v) is 36.4. The lowest BCUT2D eigenvalue weighted by Gasteiger charge is -2.47. The number of nitrogens with zero attached hydrogens (tertiary/aromatic N) is 10. The van der Waals surface area contributed by atoms with E-state index in [1.54, 1.807) is 65.8 Å². The summed E-state index contributed by atoms with van der Waals surface area (Å²) in [4.78, 5) is 28.4. The summed E-state index contributed by atoms with van der Waals surface area (Å²) in [6.07, 6.45) is 27.3. The number of carbonyl (C=O) groups is 1. The van der Waals surface area contributed by atoms with Gasteiger partial charge in [-0.2, -0.15) is 17.2 Å². The molecule has 14 fully saturated rings. The second-order valence-electron chi connectivity index (χ2n) is 36.8. The van der Waals surface area contributed by atoms with Crippen LogP contribution >= 0.6 is 0 Å². The van der Waals surface area contributed by atoms with Gasteiger partial charge in [0.25, 0.3) is 0 Å². The van der Waals surface area contributed by atoms with Gasteiger partial charge in [-0.25, -0.2) is 33.7 Å². The molecule has 0 unspecified atom stereocenters. The van der Waals surface area contributed by atoms with Crippen molar-refractivity contribution in [1.29, 1.82) is 0 Å². The van der Waals surface area contributed by atoms with Gasteiger partial charge in [0.1, 0.15) is 22.9 Å². The number of rotatable bonds is 20. The lowest BCUT2D eigenvalue weighted by atomic mass is 9.84. The molecule has 14 aliphatic rings. The molecule has 5 spiro atoms. The second-order valence-corrected chi connectivity index (χ2v) is 44.3. The Hall–Kier alpha value is -5.45. The Morgan fingerprint density at radius 1 is 0.393 bits per heavy atom. The van der Waals surface area contributed by atoms with Crippen molar-refractivity contribution in [2.24, 2.45) is 17.8 Å². The largest absolute Gasteiger partial charge is 0.358 e. The zero-order chi connectivity index (χ0) is 84.7. The van der Waals surface area contributed by atoms with Crippen molar-refractivity contribution >= 4 is 46.0 Å². The van der Waals surface area contributed by atoms with Crippen molar-refractivity contribution in [3.63, 3.8) is 0 Å². The Labute approximate surface area is 730 Å². The lowest BCUT2D eigenvalue weighted by molar-refractivity contribution is -0.119. The van der Waals surface area contributed by atoms with E-state index in [1.807, 2.05) is 75.4 Å². The van der Waals surface area contributed by atoms with E-state index in [4.69, 9.17) is 18.9 Å². The lowest BCUT2D eigenvalue weighted by Crippen LogP contribution is -2.59. The molecular weight excluding hydrogens is 1620 g/mol. The first-order valence-corrected chi connectivity index (χ1v) is 51.3. The predicted octanol–water partition coefficient (Wildman–Crippen LogP) is 12.7. The van der Waals surface area contributed by atoms with Gasteiger partial charge in [0.05, 0.1) is 58.2 Å². The van der Waals surface area contributed by atoms with E-state index >= 15 is 0 Å². The van der Waals surface area contributed by atoms with E-state index in [0.717, 1.165) is 182 Å². The van der Waals surface area contributed by atoms with Gasteiger partial charge in [0, 0.05) is 182 Å². The van der Waals surface area contributed by atoms with Crippen molar-refractivity contribution in [3.8, 4) is 0 Å². The van der Waals surface area contributed by atoms with Crippen LogP contribution in [0.15, 0.2) is 160 Å². The molecule has 1 N–H and O–H groups in total. The third-order valence-electron chi connectivity index (χ3n) is 28.6. The van der Waals surface area contributed by atoms with Crippen LogP contribution in [-0.2, 0) is 76.8 Å². The number of amides is 1. The minimum Gasteiger partial charge on any atom is -0.358 e. The molecule has 10 aliphatic heterocycles. The summed E-state index contributed by atoms with van der Waals surface area (Å²) in [5.41, 5.74) is 2.92. The zero-order valence-corrected chi connectivity index (χ0v) is 75.6. The van der Waals surface area contributed by atoms with E-state index in [1.165, 1.54) is 102 Å². The first kappa shape index (κ1) is 92.7. The predicted molar refractivity (Wildman–Crippen MR) is 477 cm³/mol. The third kappa shape index (κ3) is 21.4. The van der Waals surface area contributed by atoms with Crippen molar-refractivity contribution < 1.29 is 57.4 Å². The molecule has 5 aromatic carbocycles. The summed E-state index contributed by atoms with van der Waals surface area (Å²) < 4.78 is 136. The molecule has 0 atom stereocenters. The fourth-order valence-corrected chi connectivity index (χ4v) is 27.5. The zero-order valence-electron chi connectivity index (χ0n) is 72.4. The Morgan fingerprint density at radius 2 is 0.730 bits per heavy atom. The molecule has 24 nitrogen and oxygen atoms in total. The number of carbonyl (C=O) groups excluding carboxylic acids is 1. The Morgan fingerprint density at radius 3 is 1.05 bits per heavy atom. The van der Waals surface area contributed by atoms with Crippen LogP contribution in [0, 0.1) is 38.5 Å². The molecule has 0 bridgehead atoms. The van der Waals surface area contributed by atoms with E-state index < -0.39 is 63.0 Å². The van der Waals surface area contributed by atoms with E-state index in [0.29, 0.717) is 91.6 Å². The summed E-state index contributed by atoms with van der Waals surface area (Å²) in [6.45, 7) is 30.7. The normalized spacial score (nSPS) is 24.6. The number of benzene rings is 5. The van der Waals surface area contributed by atoms with Crippen molar-refractivity contribution in [2.75, 3.05) is 151 Å². The number of likely N-dealkylation sites (tertiary alicyclic amines) is 5. The van der Waals surface area contributed by atoms with Crippen LogP contribution in [0.1, 0.15) is 183 Å². The van der Waals surface area contributed by atoms with E-state index in [9.17, 15) is 38.5 Å². The van der Waals surface area contributed by atoms with Gasteiger partial charge in [0.2, 0.25) is 46.0 Å². The average molecular weight is 1760 g/mol. The molecule has 4 aliphatic carbocycles. The molecule has 10 heterocycles. The average Bonchev–Trinajstić information content (AvgIpc) is 1.57. The maximum Gasteiger partial charge on any atom is 0.245 e. The molecule has 0 radical (unpaired) electrons. The van der Waals surface area contributed by atoms with Gasteiger partial charge in [0.15, 0.2) is 0 Å². The Kier molecular flexibility index (Phi) is 30.4. The number of aryl methyl sites for hydroxylation is 4. The van der Waals surface area contributed by atoms with Crippen LogP contribution in [0.4, 0.5) is 0 Å². The van der Waals surface area contributed by atoms with Crippen LogP contribution in [-0.4, -0.2) is 272 Å². The maximum atomic E-state index is 13.2. The molecule has 4 saturated carbocycles. The second kappa shape index (κ2) is 40.1. The number of hydrogen-bond donors (Lipinski definition) is 1. The number of nitrogens with one attached hydrogen (secondary N) is 1. The topological polar surface area (TPSA) is 235 Å². The van der Waals surface area contributed by atoms with Gasteiger partial charge in [-0.05, 0) is 169 Å². The van der Waals surface area contributed by atoms with Crippen LogP contribution in [0.25, 0.3) is 0 Å². The van der Waals surface area contributed by atoms with Gasteiger partial charge in [-0.3, -0.25) is 14.6 Å². The summed E-state index contributed by atoms with van der Waals surface area (Å²) in [6, 6.07) is 39.9. The van der Waals surface area contributed by atoms with Gasteiger partial charge >= 0.3 is 0 Å². The summed E-state index contributed by atoms with van der Waals surface area (Å²) in [5.74, 6) is 2.79. The van der Waals surface area contributed by atoms with Crippen molar-refractivity contribution in [3.05, 3.63) is 168 Å². The van der Waals surface area contributed by atoms with Gasteiger partial charge < -0.3 is 43.9 Å². The number of sulfonamides is 4. The highest BCUT2D eigenvalue weighted by atomic mass is 32.2. The van der Waals surface area contributed by atoms with Crippen LogP contribution < -0.4 is 5.32 Å². The minimum atomic E-state index is -3.52. The molecule has 10 saturated heterocycles. The Bertz CT molecular complexity index is 4710. The molecule has 28 heteroatoms. The molecule has 1 amide bonds. The van der Waals surface area contributed by atoms with Gasteiger partial charge in [-0.1, -0.05) is 142 Å². The number of hydrogen-bond acceptors (Lipinski definition) is 19.